The van der Waals surface area contributed by atoms with Gasteiger partial charge in [-0.25, -0.2) is 4.98 Å². The van der Waals surface area contributed by atoms with Gasteiger partial charge in [-0.05, 0) is 49.1 Å². The van der Waals surface area contributed by atoms with Crippen molar-refractivity contribution < 1.29 is 14.3 Å². The zero-order valence-electron chi connectivity index (χ0n) is 17.4. The van der Waals surface area contributed by atoms with Gasteiger partial charge in [-0.15, -0.1) is 0 Å². The molecule has 0 unspecified atom stereocenters. The maximum atomic E-state index is 11.5. The Kier molecular flexibility index (Phi) is 7.90. The van der Waals surface area contributed by atoms with Gasteiger partial charge in [-0.3, -0.25) is 4.79 Å². The highest BCUT2D eigenvalue weighted by Gasteiger charge is 2.28. The van der Waals surface area contributed by atoms with Crippen LogP contribution in [0.25, 0.3) is 0 Å². The highest BCUT2D eigenvalue weighted by atomic mass is 16.5. The Morgan fingerprint density at radius 2 is 1.93 bits per heavy atom. The number of carbonyl (C=O) groups excluding carboxylic acids is 1. The van der Waals surface area contributed by atoms with E-state index in [1.165, 1.54) is 7.11 Å². The molecule has 152 valence electrons. The topological polar surface area (TPSA) is 77.7 Å². The Hall–Kier alpha value is -1.82. The maximum absolute atomic E-state index is 11.5. The van der Waals surface area contributed by atoms with Gasteiger partial charge in [0.2, 0.25) is 0 Å². The highest BCUT2D eigenvalue weighted by Crippen LogP contribution is 2.33. The van der Waals surface area contributed by atoms with Crippen molar-refractivity contribution in [2.24, 2.45) is 5.92 Å². The van der Waals surface area contributed by atoms with Crippen molar-refractivity contribution in [2.45, 2.75) is 70.9 Å². The van der Waals surface area contributed by atoms with Crippen molar-refractivity contribution in [2.75, 3.05) is 31.4 Å². The summed E-state index contributed by atoms with van der Waals surface area (Å²) in [4.78, 5) is 18.6. The number of hydrogen-bond acceptors (Lipinski definition) is 6. The standard InChI is InChI=1S/C21H35N3O3/c1-14(2)13-24(17-6-8-18(26-4)9-7-17)21-19(22)11-16(12-23-21)15(3)10-20(25)27-5/h11-12,14-15,17-18H,6-10,13,22H2,1-5H3/t15-,17?,18?/m1/s1. The van der Waals surface area contributed by atoms with Crippen LogP contribution in [-0.4, -0.2) is 43.9 Å². The zero-order chi connectivity index (χ0) is 20.0. The van der Waals surface area contributed by atoms with Crippen molar-refractivity contribution in [3.8, 4) is 0 Å². The summed E-state index contributed by atoms with van der Waals surface area (Å²) in [6.45, 7) is 7.36. The van der Waals surface area contributed by atoms with E-state index >= 15 is 0 Å². The van der Waals surface area contributed by atoms with Crippen LogP contribution in [0.1, 0.15) is 64.4 Å². The number of methoxy groups -OCH3 is 2. The number of pyridine rings is 1. The predicted octanol–water partition coefficient (Wildman–Crippen LogP) is 3.75. The molecule has 1 heterocycles. The van der Waals surface area contributed by atoms with Gasteiger partial charge in [0.1, 0.15) is 0 Å². The van der Waals surface area contributed by atoms with Crippen molar-refractivity contribution >= 4 is 17.5 Å². The van der Waals surface area contributed by atoms with Crippen molar-refractivity contribution in [3.05, 3.63) is 17.8 Å². The molecule has 1 saturated carbocycles. The van der Waals surface area contributed by atoms with Crippen LogP contribution in [0.5, 0.6) is 0 Å². The Morgan fingerprint density at radius 3 is 2.44 bits per heavy atom. The second-order valence-corrected chi connectivity index (χ2v) is 8.08. The molecule has 1 aliphatic carbocycles. The molecule has 1 aromatic heterocycles. The lowest BCUT2D eigenvalue weighted by Gasteiger charge is -2.39. The number of hydrogen-bond donors (Lipinski definition) is 1. The number of aromatic nitrogens is 1. The minimum Gasteiger partial charge on any atom is -0.469 e. The quantitative estimate of drug-likeness (QED) is 0.695. The zero-order valence-corrected chi connectivity index (χ0v) is 17.4. The molecule has 0 radical (unpaired) electrons. The number of nitrogens with zero attached hydrogens (tertiary/aromatic N) is 2. The van der Waals surface area contributed by atoms with Crippen LogP contribution in [-0.2, 0) is 14.3 Å². The van der Waals surface area contributed by atoms with Gasteiger partial charge in [-0.2, -0.15) is 0 Å². The SMILES string of the molecule is COC(=O)C[C@@H](C)c1cnc(N(CC(C)C)C2CCC(OC)CC2)c(N)c1. The first-order valence-corrected chi connectivity index (χ1v) is 9.97. The lowest BCUT2D eigenvalue weighted by molar-refractivity contribution is -0.140. The van der Waals surface area contributed by atoms with Crippen molar-refractivity contribution in [1.82, 2.24) is 4.98 Å². The van der Waals surface area contributed by atoms with E-state index in [-0.39, 0.29) is 11.9 Å². The molecule has 0 aliphatic heterocycles. The molecule has 1 fully saturated rings. The van der Waals surface area contributed by atoms with E-state index in [0.29, 0.717) is 30.2 Å². The lowest BCUT2D eigenvalue weighted by Crippen LogP contribution is -2.42. The van der Waals surface area contributed by atoms with E-state index < -0.39 is 0 Å². The fourth-order valence-electron chi connectivity index (χ4n) is 3.85. The first-order chi connectivity index (χ1) is 12.8. The molecule has 6 heteroatoms. The number of rotatable bonds is 8. The molecule has 1 aromatic rings. The van der Waals surface area contributed by atoms with Gasteiger partial charge >= 0.3 is 5.97 Å². The molecule has 0 saturated heterocycles. The molecule has 2 N–H and O–H groups in total. The summed E-state index contributed by atoms with van der Waals surface area (Å²) in [6, 6.07) is 2.40. The molecule has 2 rings (SSSR count). The molecular weight excluding hydrogens is 342 g/mol. The van der Waals surface area contributed by atoms with Crippen LogP contribution in [0.15, 0.2) is 12.3 Å². The lowest BCUT2D eigenvalue weighted by atomic mass is 9.91. The number of esters is 1. The summed E-state index contributed by atoms with van der Waals surface area (Å²) in [7, 11) is 3.21. The van der Waals surface area contributed by atoms with E-state index in [4.69, 9.17) is 20.2 Å². The first-order valence-electron chi connectivity index (χ1n) is 9.97. The van der Waals surface area contributed by atoms with Gasteiger partial charge in [0.15, 0.2) is 5.82 Å². The van der Waals surface area contributed by atoms with Crippen LogP contribution < -0.4 is 10.6 Å². The van der Waals surface area contributed by atoms with Crippen molar-refractivity contribution in [3.63, 3.8) is 0 Å². The number of anilines is 2. The smallest absolute Gasteiger partial charge is 0.306 e. The molecule has 0 spiro atoms. The van der Waals surface area contributed by atoms with Gasteiger partial charge in [-0.1, -0.05) is 20.8 Å². The highest BCUT2D eigenvalue weighted by molar-refractivity contribution is 5.71. The fourth-order valence-corrected chi connectivity index (χ4v) is 3.85. The Morgan fingerprint density at radius 1 is 1.26 bits per heavy atom. The molecule has 0 bridgehead atoms. The summed E-state index contributed by atoms with van der Waals surface area (Å²) < 4.78 is 10.3. The van der Waals surface area contributed by atoms with Crippen LogP contribution in [0.4, 0.5) is 11.5 Å². The molecule has 1 aliphatic rings. The largest absolute Gasteiger partial charge is 0.469 e. The minimum atomic E-state index is -0.221. The third-order valence-electron chi connectivity index (χ3n) is 5.44. The number of ether oxygens (including phenoxy) is 2. The Bertz CT molecular complexity index is 613. The third kappa shape index (κ3) is 5.83. The van der Waals surface area contributed by atoms with Crippen LogP contribution >= 0.6 is 0 Å². The van der Waals surface area contributed by atoms with E-state index in [9.17, 15) is 4.79 Å². The van der Waals surface area contributed by atoms with Gasteiger partial charge < -0.3 is 20.1 Å². The Balaban J connectivity index is 2.19. The summed E-state index contributed by atoms with van der Waals surface area (Å²) >= 11 is 0. The average molecular weight is 378 g/mol. The summed E-state index contributed by atoms with van der Waals surface area (Å²) in [6.07, 6.45) is 6.88. The Labute approximate surface area is 163 Å². The average Bonchev–Trinajstić information content (AvgIpc) is 2.66. The number of carbonyl (C=O) groups is 1. The number of nitrogens with two attached hydrogens (primary N) is 1. The molecule has 6 nitrogen and oxygen atoms in total. The third-order valence-corrected chi connectivity index (χ3v) is 5.44. The molecule has 27 heavy (non-hydrogen) atoms. The number of nitrogen functional groups attached to an aromatic ring is 1. The summed E-state index contributed by atoms with van der Waals surface area (Å²) in [5, 5.41) is 0. The van der Waals surface area contributed by atoms with E-state index in [1.807, 2.05) is 19.2 Å². The second kappa shape index (κ2) is 9.93. The normalized spacial score (nSPS) is 21.1. The molecule has 0 amide bonds. The molecular formula is C21H35N3O3. The van der Waals surface area contributed by atoms with Crippen LogP contribution in [0.3, 0.4) is 0 Å². The van der Waals surface area contributed by atoms with E-state index in [0.717, 1.165) is 43.6 Å². The van der Waals surface area contributed by atoms with Crippen LogP contribution in [0.2, 0.25) is 0 Å². The minimum absolute atomic E-state index is 0.0250. The fraction of sp³-hybridized carbons (Fsp3) is 0.714. The molecule has 0 aromatic carbocycles. The second-order valence-electron chi connectivity index (χ2n) is 8.08. The van der Waals surface area contributed by atoms with Gasteiger partial charge in [0, 0.05) is 25.9 Å². The maximum Gasteiger partial charge on any atom is 0.306 e. The van der Waals surface area contributed by atoms with Gasteiger partial charge in [0.05, 0.1) is 25.3 Å². The predicted molar refractivity (Wildman–Crippen MR) is 109 cm³/mol. The molecule has 1 atom stereocenters. The summed E-state index contributed by atoms with van der Waals surface area (Å²) in [5.74, 6) is 1.18. The van der Waals surface area contributed by atoms with E-state index in [2.05, 4.69) is 18.7 Å². The summed E-state index contributed by atoms with van der Waals surface area (Å²) in [5.41, 5.74) is 8.06. The van der Waals surface area contributed by atoms with Crippen LogP contribution in [0, 0.1) is 5.92 Å². The monoisotopic (exact) mass is 377 g/mol. The van der Waals surface area contributed by atoms with Crippen molar-refractivity contribution in [1.29, 1.82) is 0 Å². The van der Waals surface area contributed by atoms with Gasteiger partial charge in [0.25, 0.3) is 0 Å². The van der Waals surface area contributed by atoms with E-state index in [1.54, 1.807) is 7.11 Å². The first kappa shape index (κ1) is 21.5.